The summed E-state index contributed by atoms with van der Waals surface area (Å²) in [6, 6.07) is 28.5. The minimum atomic E-state index is -4.14. The van der Waals surface area contributed by atoms with Crippen LogP contribution in [0.25, 0.3) is 0 Å². The van der Waals surface area contributed by atoms with Crippen LogP contribution in [-0.4, -0.2) is 44.3 Å². The highest BCUT2D eigenvalue weighted by molar-refractivity contribution is 7.92. The third kappa shape index (κ3) is 8.60. The third-order valence-electron chi connectivity index (χ3n) is 7.96. The molecule has 45 heavy (non-hydrogen) atoms. The second-order valence-electron chi connectivity index (χ2n) is 11.6. The number of nitrogens with one attached hydrogen (secondary N) is 1. The fourth-order valence-electron chi connectivity index (χ4n) is 5.06. The summed E-state index contributed by atoms with van der Waals surface area (Å²) >= 11 is 0. The molecular weight excluding hydrogens is 582 g/mol. The van der Waals surface area contributed by atoms with Crippen molar-refractivity contribution in [1.82, 2.24) is 10.2 Å². The number of carbonyl (C=O) groups excluding carboxylic acids is 2. The van der Waals surface area contributed by atoms with E-state index in [9.17, 15) is 18.0 Å². The second-order valence-corrected chi connectivity index (χ2v) is 13.5. The summed E-state index contributed by atoms with van der Waals surface area (Å²) in [5, 5.41) is 2.98. The number of carbonyl (C=O) groups is 2. The first kappa shape index (κ1) is 33.5. The monoisotopic (exact) mass is 625 g/mol. The van der Waals surface area contributed by atoms with Crippen LogP contribution < -0.4 is 9.62 Å². The molecule has 236 valence electrons. The number of hydrogen-bond donors (Lipinski definition) is 1. The number of nitrogens with zero attached hydrogens (tertiary/aromatic N) is 2. The Hall–Kier alpha value is -4.43. The van der Waals surface area contributed by atoms with Crippen molar-refractivity contribution in [2.75, 3.05) is 17.4 Å². The summed E-state index contributed by atoms with van der Waals surface area (Å²) in [5.74, 6) is -0.752. The van der Waals surface area contributed by atoms with Crippen LogP contribution >= 0.6 is 0 Å². The molecular formula is C37H43N3O4S. The lowest BCUT2D eigenvalue weighted by molar-refractivity contribution is -0.140. The first-order valence-corrected chi connectivity index (χ1v) is 16.8. The normalized spacial score (nSPS) is 11.9. The highest BCUT2D eigenvalue weighted by Crippen LogP contribution is 2.27. The van der Waals surface area contributed by atoms with Gasteiger partial charge in [0, 0.05) is 19.5 Å². The minimum absolute atomic E-state index is 0.0886. The number of sulfonamides is 1. The van der Waals surface area contributed by atoms with Crippen molar-refractivity contribution in [2.24, 2.45) is 0 Å². The molecule has 4 aromatic rings. The SMILES string of the molecule is CCCNC(=O)C(Cc1ccccc1)N(Cc1ccc(C)cc1)C(=O)CN(c1ccc(C)c(C)c1)S(=O)(=O)c1ccc(C)cc1. The average Bonchev–Trinajstić information content (AvgIpc) is 3.03. The summed E-state index contributed by atoms with van der Waals surface area (Å²) in [7, 11) is -4.14. The van der Waals surface area contributed by atoms with Gasteiger partial charge in [-0.05, 0) is 80.6 Å². The van der Waals surface area contributed by atoms with Gasteiger partial charge >= 0.3 is 0 Å². The molecule has 7 nitrogen and oxygen atoms in total. The van der Waals surface area contributed by atoms with Gasteiger partial charge in [-0.3, -0.25) is 13.9 Å². The zero-order valence-electron chi connectivity index (χ0n) is 26.8. The van der Waals surface area contributed by atoms with Gasteiger partial charge in [-0.25, -0.2) is 8.42 Å². The quantitative estimate of drug-likeness (QED) is 0.190. The van der Waals surface area contributed by atoms with Crippen molar-refractivity contribution in [1.29, 1.82) is 0 Å². The van der Waals surface area contributed by atoms with Crippen molar-refractivity contribution in [2.45, 2.75) is 64.9 Å². The molecule has 0 saturated heterocycles. The van der Waals surface area contributed by atoms with Crippen molar-refractivity contribution in [3.63, 3.8) is 0 Å². The molecule has 0 heterocycles. The zero-order chi connectivity index (χ0) is 32.6. The number of hydrogen-bond acceptors (Lipinski definition) is 4. The van der Waals surface area contributed by atoms with Gasteiger partial charge in [-0.1, -0.05) is 90.8 Å². The maximum Gasteiger partial charge on any atom is 0.264 e. The molecule has 8 heteroatoms. The largest absolute Gasteiger partial charge is 0.354 e. The summed E-state index contributed by atoms with van der Waals surface area (Å²) in [4.78, 5) is 29.9. The van der Waals surface area contributed by atoms with Crippen LogP contribution in [0.5, 0.6) is 0 Å². The summed E-state index contributed by atoms with van der Waals surface area (Å²) in [5.41, 5.74) is 6.04. The van der Waals surface area contributed by atoms with Crippen LogP contribution in [0, 0.1) is 27.7 Å². The Morgan fingerprint density at radius 3 is 1.98 bits per heavy atom. The molecule has 0 bridgehead atoms. The van der Waals surface area contributed by atoms with E-state index in [4.69, 9.17) is 0 Å². The first-order chi connectivity index (χ1) is 21.5. The van der Waals surface area contributed by atoms with Gasteiger partial charge in [0.05, 0.1) is 10.6 Å². The van der Waals surface area contributed by atoms with Crippen LogP contribution in [0.1, 0.15) is 46.7 Å². The van der Waals surface area contributed by atoms with E-state index in [-0.39, 0.29) is 23.8 Å². The lowest BCUT2D eigenvalue weighted by Gasteiger charge is -2.34. The van der Waals surface area contributed by atoms with Crippen LogP contribution in [0.3, 0.4) is 0 Å². The first-order valence-electron chi connectivity index (χ1n) is 15.3. The predicted octanol–water partition coefficient (Wildman–Crippen LogP) is 6.28. The standard InChI is InChI=1S/C37H43N3O4S/c1-6-22-38-37(42)35(24-31-10-8-7-9-11-31)39(25-32-17-12-27(2)13-18-32)36(41)26-40(33-19-16-29(4)30(5)23-33)45(43,44)34-20-14-28(3)15-21-34/h7-21,23,35H,6,22,24-26H2,1-5H3,(H,38,42). The smallest absolute Gasteiger partial charge is 0.264 e. The minimum Gasteiger partial charge on any atom is -0.354 e. The van der Waals surface area contributed by atoms with Gasteiger partial charge in [0.2, 0.25) is 11.8 Å². The summed E-state index contributed by atoms with van der Waals surface area (Å²) in [6.45, 7) is 9.84. The van der Waals surface area contributed by atoms with Gasteiger partial charge in [0.1, 0.15) is 12.6 Å². The van der Waals surface area contributed by atoms with E-state index >= 15 is 0 Å². The Morgan fingerprint density at radius 1 is 0.756 bits per heavy atom. The van der Waals surface area contributed by atoms with E-state index in [0.717, 1.165) is 44.1 Å². The molecule has 0 radical (unpaired) electrons. The molecule has 0 aromatic heterocycles. The van der Waals surface area contributed by atoms with Crippen LogP contribution in [0.15, 0.2) is 102 Å². The highest BCUT2D eigenvalue weighted by atomic mass is 32.2. The van der Waals surface area contributed by atoms with E-state index in [2.05, 4.69) is 5.32 Å². The van der Waals surface area contributed by atoms with Gasteiger partial charge in [-0.15, -0.1) is 0 Å². The lowest BCUT2D eigenvalue weighted by atomic mass is 10.0. The molecule has 1 unspecified atom stereocenters. The fraction of sp³-hybridized carbons (Fsp3) is 0.297. The highest BCUT2D eigenvalue weighted by Gasteiger charge is 2.34. The Kier molecular flexibility index (Phi) is 11.2. The predicted molar refractivity (Wildman–Crippen MR) is 181 cm³/mol. The van der Waals surface area contributed by atoms with Crippen molar-refractivity contribution in [3.8, 4) is 0 Å². The third-order valence-corrected chi connectivity index (χ3v) is 9.75. The zero-order valence-corrected chi connectivity index (χ0v) is 27.6. The molecule has 1 atom stereocenters. The van der Waals surface area contributed by atoms with E-state index in [0.29, 0.717) is 12.2 Å². The van der Waals surface area contributed by atoms with E-state index in [1.165, 1.54) is 4.90 Å². The molecule has 4 aromatic carbocycles. The molecule has 0 aliphatic carbocycles. The maximum atomic E-state index is 14.5. The maximum absolute atomic E-state index is 14.5. The van der Waals surface area contributed by atoms with Gasteiger partial charge in [-0.2, -0.15) is 0 Å². The Bertz CT molecular complexity index is 1700. The molecule has 0 spiro atoms. The number of anilines is 1. The molecule has 0 aliphatic heterocycles. The average molecular weight is 626 g/mol. The van der Waals surface area contributed by atoms with E-state index in [1.54, 1.807) is 36.4 Å². The molecule has 1 N–H and O–H groups in total. The summed E-state index contributed by atoms with van der Waals surface area (Å²) < 4.78 is 29.6. The fourth-order valence-corrected chi connectivity index (χ4v) is 6.46. The van der Waals surface area contributed by atoms with E-state index in [1.807, 2.05) is 95.3 Å². The van der Waals surface area contributed by atoms with Crippen LogP contribution in [0.4, 0.5) is 5.69 Å². The summed E-state index contributed by atoms with van der Waals surface area (Å²) in [6.07, 6.45) is 1.02. The van der Waals surface area contributed by atoms with Crippen LogP contribution in [-0.2, 0) is 32.6 Å². The number of benzene rings is 4. The molecule has 0 saturated carbocycles. The van der Waals surface area contributed by atoms with Crippen molar-refractivity contribution < 1.29 is 18.0 Å². The van der Waals surface area contributed by atoms with Gasteiger partial charge in [0.25, 0.3) is 10.0 Å². The number of aryl methyl sites for hydroxylation is 4. The van der Waals surface area contributed by atoms with Crippen molar-refractivity contribution in [3.05, 3.63) is 130 Å². The second kappa shape index (κ2) is 15.0. The van der Waals surface area contributed by atoms with Crippen molar-refractivity contribution >= 4 is 27.5 Å². The molecule has 0 aliphatic rings. The molecule has 2 amide bonds. The number of rotatable bonds is 13. The Labute approximate surface area is 268 Å². The van der Waals surface area contributed by atoms with Gasteiger partial charge in [0.15, 0.2) is 0 Å². The van der Waals surface area contributed by atoms with Gasteiger partial charge < -0.3 is 10.2 Å². The molecule has 0 fully saturated rings. The molecule has 4 rings (SSSR count). The number of amides is 2. The Balaban J connectivity index is 1.81. The topological polar surface area (TPSA) is 86.8 Å². The lowest BCUT2D eigenvalue weighted by Crippen LogP contribution is -2.53. The Morgan fingerprint density at radius 2 is 1.38 bits per heavy atom. The van der Waals surface area contributed by atoms with E-state index < -0.39 is 28.5 Å². The van der Waals surface area contributed by atoms with Crippen LogP contribution in [0.2, 0.25) is 0 Å².